The second-order valence-corrected chi connectivity index (χ2v) is 7.47. The van der Waals surface area contributed by atoms with Crippen LogP contribution in [0.25, 0.3) is 0 Å². The van der Waals surface area contributed by atoms with Crippen LogP contribution in [0, 0.1) is 11.3 Å². The van der Waals surface area contributed by atoms with E-state index in [1.807, 2.05) is 38.1 Å². The van der Waals surface area contributed by atoms with Gasteiger partial charge in [-0.3, -0.25) is 4.90 Å². The van der Waals surface area contributed by atoms with Crippen molar-refractivity contribution in [1.29, 1.82) is 5.26 Å². The monoisotopic (exact) mass is 445 g/mol. The Kier molecular flexibility index (Phi) is 7.19. The van der Waals surface area contributed by atoms with Gasteiger partial charge in [-0.15, -0.1) is 0 Å². The number of hydrogen-bond acceptors (Lipinski definition) is 7. The van der Waals surface area contributed by atoms with Crippen LogP contribution in [-0.2, 0) is 31.9 Å². The fourth-order valence-electron chi connectivity index (χ4n) is 4.25. The molecular weight excluding hydrogens is 418 g/mol. The summed E-state index contributed by atoms with van der Waals surface area (Å²) in [5.74, 6) is -2.28. The number of allylic oxidation sites excluding steroid dienone is 1. The molecule has 2 aromatic carbocycles. The molecular formula is C26H27N3O4. The first kappa shape index (κ1) is 23.6. The molecule has 0 saturated carbocycles. The van der Waals surface area contributed by atoms with Crippen LogP contribution in [0.5, 0.6) is 0 Å². The number of para-hydroxylation sites is 1. The largest absolute Gasteiger partial charge is 0.466 e. The molecule has 2 N–H and O–H groups in total. The van der Waals surface area contributed by atoms with Crippen LogP contribution in [-0.4, -0.2) is 26.2 Å². The van der Waals surface area contributed by atoms with Crippen molar-refractivity contribution in [2.45, 2.75) is 32.6 Å². The minimum atomic E-state index is -0.882. The van der Waals surface area contributed by atoms with Crippen molar-refractivity contribution in [3.05, 3.63) is 87.9 Å². The predicted molar refractivity (Wildman–Crippen MR) is 125 cm³/mol. The van der Waals surface area contributed by atoms with Crippen molar-refractivity contribution in [3.8, 4) is 6.07 Å². The smallest absolute Gasteiger partial charge is 0.355 e. The number of esters is 2. The molecule has 170 valence electrons. The van der Waals surface area contributed by atoms with Crippen molar-refractivity contribution >= 4 is 17.6 Å². The second kappa shape index (κ2) is 10.0. The molecule has 0 fully saturated rings. The Morgan fingerprint density at radius 3 is 2.03 bits per heavy atom. The zero-order valence-electron chi connectivity index (χ0n) is 19.2. The van der Waals surface area contributed by atoms with Crippen LogP contribution in [0.3, 0.4) is 0 Å². The van der Waals surface area contributed by atoms with Gasteiger partial charge in [0.25, 0.3) is 0 Å². The first-order chi connectivity index (χ1) is 15.9. The fourth-order valence-corrected chi connectivity index (χ4v) is 4.25. The van der Waals surface area contributed by atoms with E-state index in [0.717, 1.165) is 11.1 Å². The van der Waals surface area contributed by atoms with E-state index in [-0.39, 0.29) is 22.7 Å². The summed E-state index contributed by atoms with van der Waals surface area (Å²) in [6, 6.07) is 17.0. The van der Waals surface area contributed by atoms with E-state index in [1.165, 1.54) is 19.1 Å². The average Bonchev–Trinajstić information content (AvgIpc) is 2.86. The van der Waals surface area contributed by atoms with Gasteiger partial charge in [0.1, 0.15) is 11.5 Å². The summed E-state index contributed by atoms with van der Waals surface area (Å²) in [5, 5.41) is 10.2. The van der Waals surface area contributed by atoms with E-state index in [2.05, 4.69) is 6.07 Å². The minimum Gasteiger partial charge on any atom is -0.466 e. The van der Waals surface area contributed by atoms with Crippen LogP contribution in [0.4, 0.5) is 5.69 Å². The summed E-state index contributed by atoms with van der Waals surface area (Å²) >= 11 is 0. The van der Waals surface area contributed by atoms with Gasteiger partial charge in [0, 0.05) is 0 Å². The molecule has 1 aliphatic heterocycles. The Labute approximate surface area is 193 Å². The highest BCUT2D eigenvalue weighted by Crippen LogP contribution is 2.44. The van der Waals surface area contributed by atoms with Crippen LogP contribution in [0.1, 0.15) is 36.5 Å². The summed E-state index contributed by atoms with van der Waals surface area (Å²) in [7, 11) is 2.48. The minimum absolute atomic E-state index is 0.00857. The third kappa shape index (κ3) is 4.08. The number of anilines is 1. The van der Waals surface area contributed by atoms with E-state index in [0.29, 0.717) is 24.1 Å². The van der Waals surface area contributed by atoms with Crippen molar-refractivity contribution < 1.29 is 19.1 Å². The van der Waals surface area contributed by atoms with Crippen molar-refractivity contribution in [2.24, 2.45) is 5.73 Å². The number of nitrogens with two attached hydrogens (primary N) is 1. The zero-order chi connectivity index (χ0) is 24.1. The van der Waals surface area contributed by atoms with E-state index in [1.54, 1.807) is 24.3 Å². The fraction of sp³-hybridized carbons (Fsp3) is 0.269. The first-order valence-corrected chi connectivity index (χ1v) is 10.7. The molecule has 0 bridgehead atoms. The molecule has 1 atom stereocenters. The molecule has 2 aromatic rings. The van der Waals surface area contributed by atoms with E-state index in [4.69, 9.17) is 15.2 Å². The Morgan fingerprint density at radius 2 is 1.55 bits per heavy atom. The number of benzene rings is 2. The highest BCUT2D eigenvalue weighted by atomic mass is 16.5. The maximum absolute atomic E-state index is 13.2. The molecule has 0 aromatic heterocycles. The quantitative estimate of drug-likeness (QED) is 0.676. The molecule has 0 radical (unpaired) electrons. The number of hydrogen-bond donors (Lipinski definition) is 1. The van der Waals surface area contributed by atoms with Crippen molar-refractivity contribution in [3.63, 3.8) is 0 Å². The van der Waals surface area contributed by atoms with Gasteiger partial charge in [0.2, 0.25) is 0 Å². The first-order valence-electron chi connectivity index (χ1n) is 10.7. The Hall–Kier alpha value is -4.05. The van der Waals surface area contributed by atoms with E-state index >= 15 is 0 Å². The molecule has 0 aliphatic carbocycles. The standard InChI is InChI=1S/C26H27N3O4/c1-5-16-13-10-14-17(6-2)22(16)29-23(26(31)33-4)21(25(30)32-3)20(19(15-27)24(29)28)18-11-8-7-9-12-18/h7-14,20H,5-6,28H2,1-4H3. The maximum atomic E-state index is 13.2. The molecule has 1 aliphatic rings. The number of carbonyl (C=O) groups excluding carboxylic acids is 2. The highest BCUT2D eigenvalue weighted by Gasteiger charge is 2.43. The van der Waals surface area contributed by atoms with Gasteiger partial charge in [0.05, 0.1) is 43.0 Å². The van der Waals surface area contributed by atoms with Gasteiger partial charge in [-0.1, -0.05) is 62.4 Å². The van der Waals surface area contributed by atoms with Gasteiger partial charge in [-0.05, 0) is 29.5 Å². The third-order valence-corrected chi connectivity index (χ3v) is 5.80. The van der Waals surface area contributed by atoms with E-state index in [9.17, 15) is 14.9 Å². The Morgan fingerprint density at radius 1 is 0.970 bits per heavy atom. The van der Waals surface area contributed by atoms with Crippen LogP contribution in [0.2, 0.25) is 0 Å². The summed E-state index contributed by atoms with van der Waals surface area (Å²) in [6.07, 6.45) is 1.30. The number of nitriles is 1. The number of rotatable bonds is 6. The van der Waals surface area contributed by atoms with E-state index < -0.39 is 17.9 Å². The lowest BCUT2D eigenvalue weighted by atomic mass is 9.80. The van der Waals surface area contributed by atoms with Gasteiger partial charge in [0.15, 0.2) is 0 Å². The Balaban J connectivity index is 2.49. The molecule has 0 spiro atoms. The molecule has 33 heavy (non-hydrogen) atoms. The van der Waals surface area contributed by atoms with Gasteiger partial charge in [-0.25, -0.2) is 9.59 Å². The lowest BCUT2D eigenvalue weighted by Gasteiger charge is -2.37. The number of methoxy groups -OCH3 is 2. The number of aryl methyl sites for hydroxylation is 2. The molecule has 1 heterocycles. The van der Waals surface area contributed by atoms with Gasteiger partial charge >= 0.3 is 11.9 Å². The molecule has 3 rings (SSSR count). The van der Waals surface area contributed by atoms with Gasteiger partial charge in [-0.2, -0.15) is 5.26 Å². The van der Waals surface area contributed by atoms with Crippen molar-refractivity contribution in [1.82, 2.24) is 0 Å². The summed E-state index contributed by atoms with van der Waals surface area (Å²) in [4.78, 5) is 27.8. The molecule has 7 nitrogen and oxygen atoms in total. The molecule has 7 heteroatoms. The predicted octanol–water partition coefficient (Wildman–Crippen LogP) is 3.71. The SMILES string of the molecule is CCc1cccc(CC)c1N1C(N)=C(C#N)C(c2ccccc2)C(C(=O)OC)=C1C(=O)OC. The van der Waals surface area contributed by atoms with Crippen LogP contribution < -0.4 is 10.6 Å². The van der Waals surface area contributed by atoms with Crippen LogP contribution >= 0.6 is 0 Å². The van der Waals surface area contributed by atoms with Crippen molar-refractivity contribution in [2.75, 3.05) is 19.1 Å². The van der Waals surface area contributed by atoms with Crippen LogP contribution in [0.15, 0.2) is 71.2 Å². The number of carbonyl (C=O) groups is 2. The summed E-state index contributed by atoms with van der Waals surface area (Å²) in [5.41, 5.74) is 9.86. The molecule has 0 saturated heterocycles. The maximum Gasteiger partial charge on any atom is 0.355 e. The zero-order valence-corrected chi connectivity index (χ0v) is 19.2. The lowest BCUT2D eigenvalue weighted by molar-refractivity contribution is -0.139. The second-order valence-electron chi connectivity index (χ2n) is 7.47. The number of nitrogens with zero attached hydrogens (tertiary/aromatic N) is 2. The summed E-state index contributed by atoms with van der Waals surface area (Å²) < 4.78 is 10.2. The summed E-state index contributed by atoms with van der Waals surface area (Å²) in [6.45, 7) is 3.98. The molecule has 1 unspecified atom stereocenters. The third-order valence-electron chi connectivity index (χ3n) is 5.80. The Bertz CT molecular complexity index is 1150. The van der Waals surface area contributed by atoms with Gasteiger partial charge < -0.3 is 15.2 Å². The number of ether oxygens (including phenoxy) is 2. The highest BCUT2D eigenvalue weighted by molar-refractivity contribution is 6.06. The normalized spacial score (nSPS) is 15.8. The average molecular weight is 446 g/mol. The topological polar surface area (TPSA) is 106 Å². The molecule has 0 amide bonds. The lowest BCUT2D eigenvalue weighted by Crippen LogP contribution is -2.41.